The summed E-state index contributed by atoms with van der Waals surface area (Å²) in [5.74, 6) is -2.67. The number of halogens is 3. The van der Waals surface area contributed by atoms with Gasteiger partial charge in [0.2, 0.25) is 0 Å². The monoisotopic (exact) mass is 484 g/mol. The van der Waals surface area contributed by atoms with Gasteiger partial charge in [0.05, 0.1) is 34.0 Å². The van der Waals surface area contributed by atoms with Crippen LogP contribution in [0, 0.1) is 0 Å². The Morgan fingerprint density at radius 2 is 1.61 bits per heavy atom. The third-order valence-corrected chi connectivity index (χ3v) is 5.35. The van der Waals surface area contributed by atoms with Crippen molar-refractivity contribution in [3.05, 3.63) is 56.5 Å². The van der Waals surface area contributed by atoms with E-state index in [1.165, 1.54) is 32.2 Å². The molecular weight excluding hydrogens is 471 g/mol. The van der Waals surface area contributed by atoms with Crippen molar-refractivity contribution in [2.45, 2.75) is 13.0 Å². The first-order valence-electron chi connectivity index (χ1n) is 8.81. The van der Waals surface area contributed by atoms with Crippen molar-refractivity contribution in [2.75, 3.05) is 19.0 Å². The van der Waals surface area contributed by atoms with Gasteiger partial charge in [-0.05, 0) is 37.3 Å². The van der Waals surface area contributed by atoms with Gasteiger partial charge in [0.25, 0.3) is 17.7 Å². The lowest BCUT2D eigenvalue weighted by Crippen LogP contribution is -2.38. The lowest BCUT2D eigenvalue weighted by molar-refractivity contribution is -0.153. The van der Waals surface area contributed by atoms with E-state index in [1.807, 2.05) is 0 Å². The second-order valence-corrected chi connectivity index (χ2v) is 7.73. The van der Waals surface area contributed by atoms with Gasteiger partial charge < -0.3 is 14.8 Å². The number of imide groups is 1. The van der Waals surface area contributed by atoms with Crippen LogP contribution in [0.15, 0.2) is 30.3 Å². The summed E-state index contributed by atoms with van der Waals surface area (Å²) in [5.41, 5.74) is 0.356. The number of carbonyl (C=O) groups excluding carboxylic acids is 4. The van der Waals surface area contributed by atoms with Crippen molar-refractivity contribution in [3.8, 4) is 5.75 Å². The van der Waals surface area contributed by atoms with Gasteiger partial charge in [-0.2, -0.15) is 0 Å². The van der Waals surface area contributed by atoms with Crippen LogP contribution in [0.2, 0.25) is 15.1 Å². The maximum absolute atomic E-state index is 12.5. The second kappa shape index (κ2) is 9.13. The molecule has 0 aromatic heterocycles. The zero-order valence-corrected chi connectivity index (χ0v) is 18.5. The molecule has 0 saturated heterocycles. The van der Waals surface area contributed by atoms with E-state index in [4.69, 9.17) is 44.3 Å². The average molecular weight is 486 g/mol. The van der Waals surface area contributed by atoms with Crippen LogP contribution in [0.4, 0.5) is 5.69 Å². The molecule has 0 radical (unpaired) electrons. The van der Waals surface area contributed by atoms with Gasteiger partial charge in [0.1, 0.15) is 12.3 Å². The molecule has 1 heterocycles. The Hall–Kier alpha value is -2.81. The minimum Gasteiger partial charge on any atom is -0.495 e. The van der Waals surface area contributed by atoms with Gasteiger partial charge >= 0.3 is 5.97 Å². The van der Waals surface area contributed by atoms with E-state index < -0.39 is 36.3 Å². The Balaban J connectivity index is 1.64. The third-order valence-electron chi connectivity index (χ3n) is 4.40. The zero-order valence-electron chi connectivity index (χ0n) is 16.2. The van der Waals surface area contributed by atoms with Gasteiger partial charge in [-0.1, -0.05) is 34.8 Å². The number of nitrogens with one attached hydrogen (secondary N) is 1. The van der Waals surface area contributed by atoms with E-state index in [2.05, 4.69) is 5.32 Å². The van der Waals surface area contributed by atoms with E-state index in [0.29, 0.717) is 15.7 Å². The van der Waals surface area contributed by atoms with Crippen LogP contribution in [0.25, 0.3) is 0 Å². The lowest BCUT2D eigenvalue weighted by Gasteiger charge is -2.17. The number of hydrogen-bond donors (Lipinski definition) is 1. The van der Waals surface area contributed by atoms with Crippen molar-refractivity contribution < 1.29 is 28.7 Å². The second-order valence-electron chi connectivity index (χ2n) is 6.47. The SMILES string of the molecule is COc1ccc(Cl)cc1NC(=O)C(C)OC(=O)CN1C(=O)c2cc(Cl)c(Cl)cc2C1=O. The molecule has 1 atom stereocenters. The molecule has 1 aliphatic rings. The number of hydrogen-bond acceptors (Lipinski definition) is 6. The topological polar surface area (TPSA) is 102 Å². The molecule has 0 saturated carbocycles. The molecule has 0 fully saturated rings. The number of ether oxygens (including phenoxy) is 2. The summed E-state index contributed by atoms with van der Waals surface area (Å²) in [7, 11) is 1.42. The van der Waals surface area contributed by atoms with Crippen LogP contribution in [0.5, 0.6) is 5.75 Å². The highest BCUT2D eigenvalue weighted by Crippen LogP contribution is 2.31. The fourth-order valence-corrected chi connectivity index (χ4v) is 3.36. The van der Waals surface area contributed by atoms with E-state index in [0.717, 1.165) is 0 Å². The quantitative estimate of drug-likeness (QED) is 0.493. The Morgan fingerprint density at radius 3 is 2.16 bits per heavy atom. The molecular formula is C20H15Cl3N2O6. The van der Waals surface area contributed by atoms with Crippen molar-refractivity contribution in [3.63, 3.8) is 0 Å². The number of nitrogens with zero attached hydrogens (tertiary/aromatic N) is 1. The van der Waals surface area contributed by atoms with Crippen molar-refractivity contribution in [1.82, 2.24) is 4.90 Å². The van der Waals surface area contributed by atoms with Gasteiger partial charge in [-0.3, -0.25) is 24.1 Å². The number of fused-ring (bicyclic) bond motifs is 1. The molecule has 0 spiro atoms. The molecule has 3 amide bonds. The maximum atomic E-state index is 12.5. The number of rotatable bonds is 6. The number of methoxy groups -OCH3 is 1. The predicted molar refractivity (Wildman–Crippen MR) is 114 cm³/mol. The molecule has 1 unspecified atom stereocenters. The van der Waals surface area contributed by atoms with Crippen molar-refractivity contribution in [1.29, 1.82) is 0 Å². The first-order chi connectivity index (χ1) is 14.6. The molecule has 0 aliphatic carbocycles. The van der Waals surface area contributed by atoms with E-state index in [1.54, 1.807) is 12.1 Å². The molecule has 0 bridgehead atoms. The van der Waals surface area contributed by atoms with Crippen LogP contribution < -0.4 is 10.1 Å². The molecule has 3 rings (SSSR count). The molecule has 2 aromatic rings. The average Bonchev–Trinajstić information content (AvgIpc) is 2.93. The number of esters is 1. The number of amides is 3. The summed E-state index contributed by atoms with van der Waals surface area (Å²) in [6.45, 7) is 0.659. The van der Waals surface area contributed by atoms with Crippen LogP contribution in [-0.4, -0.2) is 48.3 Å². The fraction of sp³-hybridized carbons (Fsp3) is 0.200. The Labute approximate surface area is 191 Å². The van der Waals surface area contributed by atoms with Gasteiger partial charge in [0, 0.05) is 5.02 Å². The largest absolute Gasteiger partial charge is 0.495 e. The van der Waals surface area contributed by atoms with Crippen molar-refractivity contribution >= 4 is 64.2 Å². The summed E-state index contributed by atoms with van der Waals surface area (Å²) >= 11 is 17.7. The molecule has 1 aliphatic heterocycles. The first-order valence-corrected chi connectivity index (χ1v) is 9.95. The van der Waals surface area contributed by atoms with Crippen LogP contribution in [0.3, 0.4) is 0 Å². The number of benzene rings is 2. The lowest BCUT2D eigenvalue weighted by atomic mass is 10.1. The van der Waals surface area contributed by atoms with Crippen LogP contribution >= 0.6 is 34.8 Å². The standard InChI is InChI=1S/C20H15Cl3N2O6/c1-9(18(27)24-15-5-10(21)3-4-16(15)30-2)31-17(26)8-25-19(28)11-6-13(22)14(23)7-12(11)20(25)29/h3-7,9H,8H2,1-2H3,(H,24,27). The minimum absolute atomic E-state index is 0.0334. The highest BCUT2D eigenvalue weighted by atomic mass is 35.5. The Bertz CT molecular complexity index is 1060. The fourth-order valence-electron chi connectivity index (χ4n) is 2.86. The smallest absolute Gasteiger partial charge is 0.326 e. The summed E-state index contributed by atoms with van der Waals surface area (Å²) < 4.78 is 10.2. The van der Waals surface area contributed by atoms with E-state index in [-0.39, 0.29) is 26.9 Å². The van der Waals surface area contributed by atoms with Crippen LogP contribution in [-0.2, 0) is 14.3 Å². The Kier molecular flexibility index (Phi) is 6.74. The molecule has 1 N–H and O–H groups in total. The van der Waals surface area contributed by atoms with Gasteiger partial charge in [-0.15, -0.1) is 0 Å². The molecule has 31 heavy (non-hydrogen) atoms. The predicted octanol–water partition coefficient (Wildman–Crippen LogP) is 3.82. The molecule has 2 aromatic carbocycles. The summed E-state index contributed by atoms with van der Waals surface area (Å²) in [4.78, 5) is 50.3. The van der Waals surface area contributed by atoms with Crippen molar-refractivity contribution in [2.24, 2.45) is 0 Å². The summed E-state index contributed by atoms with van der Waals surface area (Å²) in [6.07, 6.45) is -1.23. The van der Waals surface area contributed by atoms with E-state index >= 15 is 0 Å². The number of anilines is 1. The minimum atomic E-state index is -1.23. The highest BCUT2D eigenvalue weighted by Gasteiger charge is 2.38. The molecule has 11 heteroatoms. The summed E-state index contributed by atoms with van der Waals surface area (Å²) in [5, 5.41) is 3.12. The third kappa shape index (κ3) is 4.76. The first kappa shape index (κ1) is 22.9. The van der Waals surface area contributed by atoms with E-state index in [9.17, 15) is 19.2 Å². The Morgan fingerprint density at radius 1 is 1.03 bits per heavy atom. The molecule has 8 nitrogen and oxygen atoms in total. The highest BCUT2D eigenvalue weighted by molar-refractivity contribution is 6.43. The maximum Gasteiger partial charge on any atom is 0.326 e. The zero-order chi connectivity index (χ0) is 22.9. The molecule has 162 valence electrons. The summed E-state index contributed by atoms with van der Waals surface area (Å²) in [6, 6.07) is 7.15. The number of carbonyl (C=O) groups is 4. The van der Waals surface area contributed by atoms with Crippen LogP contribution in [0.1, 0.15) is 27.6 Å². The normalized spacial score (nSPS) is 13.6. The van der Waals surface area contributed by atoms with Gasteiger partial charge in [0.15, 0.2) is 6.10 Å². The van der Waals surface area contributed by atoms with Gasteiger partial charge in [-0.25, -0.2) is 0 Å².